The summed E-state index contributed by atoms with van der Waals surface area (Å²) in [4.78, 5) is 4.56. The zero-order valence-electron chi connectivity index (χ0n) is 15.5. The Labute approximate surface area is 163 Å². The molecule has 0 radical (unpaired) electrons. The second kappa shape index (κ2) is 9.73. The second-order valence-corrected chi connectivity index (χ2v) is 6.77. The molecular formula is C21H23N3O2S. The largest absolute Gasteiger partial charge is 0.497 e. The van der Waals surface area contributed by atoms with E-state index < -0.39 is 0 Å². The van der Waals surface area contributed by atoms with E-state index in [1.165, 1.54) is 11.3 Å². The Kier molecular flexibility index (Phi) is 6.82. The standard InChI is InChI=1S/C21H23N3O2S/c1-3-4-12-26-18-10-8-16(9-11-18)14-22-24-21-23-20(15-27-21)17-6-5-7-19(13-17)25-2/h5-11,13-15H,3-4,12H2,1-2H3,(H,23,24)/b22-14-. The van der Waals surface area contributed by atoms with Crippen molar-refractivity contribution in [3.63, 3.8) is 0 Å². The molecule has 0 spiro atoms. The molecule has 0 unspecified atom stereocenters. The summed E-state index contributed by atoms with van der Waals surface area (Å²) >= 11 is 1.51. The minimum absolute atomic E-state index is 0.739. The van der Waals surface area contributed by atoms with Gasteiger partial charge in [0.2, 0.25) is 5.13 Å². The van der Waals surface area contributed by atoms with Gasteiger partial charge in [0.1, 0.15) is 11.5 Å². The summed E-state index contributed by atoms with van der Waals surface area (Å²) in [5.74, 6) is 1.70. The SMILES string of the molecule is CCCCOc1ccc(/C=N\Nc2nc(-c3cccc(OC)c3)cs2)cc1. The summed E-state index contributed by atoms with van der Waals surface area (Å²) in [6, 6.07) is 15.7. The number of rotatable bonds is 9. The lowest BCUT2D eigenvalue weighted by Gasteiger charge is -2.04. The van der Waals surface area contributed by atoms with Crippen LogP contribution < -0.4 is 14.9 Å². The number of anilines is 1. The van der Waals surface area contributed by atoms with Crippen LogP contribution in [0.4, 0.5) is 5.13 Å². The van der Waals surface area contributed by atoms with E-state index in [0.717, 1.165) is 52.9 Å². The molecule has 27 heavy (non-hydrogen) atoms. The molecule has 0 aliphatic heterocycles. The summed E-state index contributed by atoms with van der Waals surface area (Å²) in [5.41, 5.74) is 5.89. The first-order valence-corrected chi connectivity index (χ1v) is 9.78. The highest BCUT2D eigenvalue weighted by Crippen LogP contribution is 2.27. The summed E-state index contributed by atoms with van der Waals surface area (Å²) in [7, 11) is 1.66. The smallest absolute Gasteiger partial charge is 0.203 e. The van der Waals surface area contributed by atoms with Crippen LogP contribution in [0.5, 0.6) is 11.5 Å². The predicted molar refractivity (Wildman–Crippen MR) is 112 cm³/mol. The number of hydrogen-bond acceptors (Lipinski definition) is 6. The van der Waals surface area contributed by atoms with E-state index in [-0.39, 0.29) is 0 Å². The van der Waals surface area contributed by atoms with Gasteiger partial charge in [-0.1, -0.05) is 25.5 Å². The Bertz CT molecular complexity index is 875. The second-order valence-electron chi connectivity index (χ2n) is 5.91. The molecule has 6 heteroatoms. The van der Waals surface area contributed by atoms with Gasteiger partial charge in [0.15, 0.2) is 0 Å². The first-order valence-electron chi connectivity index (χ1n) is 8.90. The highest BCUT2D eigenvalue weighted by molar-refractivity contribution is 7.14. The number of methoxy groups -OCH3 is 1. The maximum atomic E-state index is 5.66. The molecule has 0 amide bonds. The Morgan fingerprint density at radius 2 is 2.00 bits per heavy atom. The van der Waals surface area contributed by atoms with Crippen molar-refractivity contribution in [3.8, 4) is 22.8 Å². The van der Waals surface area contributed by atoms with Gasteiger partial charge in [-0.2, -0.15) is 5.10 Å². The van der Waals surface area contributed by atoms with Gasteiger partial charge in [0.25, 0.3) is 0 Å². The van der Waals surface area contributed by atoms with Gasteiger partial charge >= 0.3 is 0 Å². The topological polar surface area (TPSA) is 55.7 Å². The maximum Gasteiger partial charge on any atom is 0.203 e. The van der Waals surface area contributed by atoms with Gasteiger partial charge < -0.3 is 9.47 Å². The molecule has 3 aromatic rings. The van der Waals surface area contributed by atoms with Crippen LogP contribution >= 0.6 is 11.3 Å². The van der Waals surface area contributed by atoms with Crippen molar-refractivity contribution < 1.29 is 9.47 Å². The third kappa shape index (κ3) is 5.56. The number of thiazole rings is 1. The quantitative estimate of drug-likeness (QED) is 0.304. The fraction of sp³-hybridized carbons (Fsp3) is 0.238. The monoisotopic (exact) mass is 381 g/mol. The molecule has 5 nitrogen and oxygen atoms in total. The maximum absolute atomic E-state index is 5.66. The van der Waals surface area contributed by atoms with Crippen LogP contribution in [-0.2, 0) is 0 Å². The number of benzene rings is 2. The van der Waals surface area contributed by atoms with Crippen LogP contribution in [0.15, 0.2) is 59.0 Å². The molecule has 1 N–H and O–H groups in total. The first kappa shape index (κ1) is 18.9. The van der Waals surface area contributed by atoms with Crippen molar-refractivity contribution in [3.05, 3.63) is 59.5 Å². The number of unbranched alkanes of at least 4 members (excludes halogenated alkanes) is 1. The molecule has 0 aliphatic rings. The van der Waals surface area contributed by atoms with Crippen LogP contribution in [-0.4, -0.2) is 24.9 Å². The summed E-state index contributed by atoms with van der Waals surface area (Å²) < 4.78 is 10.9. The van der Waals surface area contributed by atoms with Gasteiger partial charge in [-0.25, -0.2) is 4.98 Å². The van der Waals surface area contributed by atoms with Crippen LogP contribution in [0, 0.1) is 0 Å². The van der Waals surface area contributed by atoms with Crippen molar-refractivity contribution in [1.82, 2.24) is 4.98 Å². The van der Waals surface area contributed by atoms with Gasteiger partial charge in [-0.3, -0.25) is 5.43 Å². The minimum Gasteiger partial charge on any atom is -0.497 e. The third-order valence-electron chi connectivity index (χ3n) is 3.89. The number of aromatic nitrogens is 1. The van der Waals surface area contributed by atoms with E-state index >= 15 is 0 Å². The van der Waals surface area contributed by atoms with E-state index in [1.807, 2.05) is 53.9 Å². The average molecular weight is 382 g/mol. The molecule has 0 atom stereocenters. The summed E-state index contributed by atoms with van der Waals surface area (Å²) in [5, 5.41) is 7.00. The van der Waals surface area contributed by atoms with E-state index in [4.69, 9.17) is 9.47 Å². The highest BCUT2D eigenvalue weighted by Gasteiger charge is 2.05. The van der Waals surface area contributed by atoms with Crippen LogP contribution in [0.3, 0.4) is 0 Å². The first-order chi connectivity index (χ1) is 13.3. The Hall–Kier alpha value is -2.86. The number of hydrogen-bond donors (Lipinski definition) is 1. The number of hydrazone groups is 1. The molecule has 1 aromatic heterocycles. The predicted octanol–water partition coefficient (Wildman–Crippen LogP) is 5.44. The van der Waals surface area contributed by atoms with Crippen molar-refractivity contribution in [2.24, 2.45) is 5.10 Å². The van der Waals surface area contributed by atoms with Gasteiger partial charge in [-0.05, 0) is 48.4 Å². The zero-order valence-corrected chi connectivity index (χ0v) is 16.3. The molecule has 0 saturated carbocycles. The Balaban J connectivity index is 1.56. The molecule has 0 fully saturated rings. The third-order valence-corrected chi connectivity index (χ3v) is 4.64. The minimum atomic E-state index is 0.739. The Morgan fingerprint density at radius 1 is 1.15 bits per heavy atom. The van der Waals surface area contributed by atoms with Gasteiger partial charge in [0.05, 0.1) is 25.6 Å². The van der Waals surface area contributed by atoms with Gasteiger partial charge in [0, 0.05) is 10.9 Å². The highest BCUT2D eigenvalue weighted by atomic mass is 32.1. The average Bonchev–Trinajstić information content (AvgIpc) is 3.18. The molecular weight excluding hydrogens is 358 g/mol. The van der Waals surface area contributed by atoms with Gasteiger partial charge in [-0.15, -0.1) is 11.3 Å². The number of nitrogens with zero attached hydrogens (tertiary/aromatic N) is 2. The molecule has 0 aliphatic carbocycles. The van der Waals surface area contributed by atoms with Crippen LogP contribution in [0.1, 0.15) is 25.3 Å². The summed E-state index contributed by atoms with van der Waals surface area (Å²) in [6.07, 6.45) is 3.97. The van der Waals surface area contributed by atoms with E-state index in [9.17, 15) is 0 Å². The van der Waals surface area contributed by atoms with Crippen LogP contribution in [0.2, 0.25) is 0 Å². The fourth-order valence-corrected chi connectivity index (χ4v) is 3.06. The lowest BCUT2D eigenvalue weighted by Crippen LogP contribution is -1.96. The molecule has 1 heterocycles. The van der Waals surface area contributed by atoms with Crippen molar-refractivity contribution in [2.75, 3.05) is 19.1 Å². The molecule has 3 rings (SSSR count). The zero-order chi connectivity index (χ0) is 18.9. The van der Waals surface area contributed by atoms with Crippen molar-refractivity contribution in [2.45, 2.75) is 19.8 Å². The Morgan fingerprint density at radius 3 is 2.78 bits per heavy atom. The van der Waals surface area contributed by atoms with E-state index in [1.54, 1.807) is 13.3 Å². The fourth-order valence-electron chi connectivity index (χ4n) is 2.39. The molecule has 2 aromatic carbocycles. The van der Waals surface area contributed by atoms with E-state index in [2.05, 4.69) is 22.4 Å². The number of nitrogens with one attached hydrogen (secondary N) is 1. The lowest BCUT2D eigenvalue weighted by molar-refractivity contribution is 0.309. The van der Waals surface area contributed by atoms with Crippen molar-refractivity contribution >= 4 is 22.7 Å². The molecule has 140 valence electrons. The van der Waals surface area contributed by atoms with E-state index in [0.29, 0.717) is 0 Å². The summed E-state index contributed by atoms with van der Waals surface area (Å²) in [6.45, 7) is 2.91. The molecule has 0 saturated heterocycles. The number of ether oxygens (including phenoxy) is 2. The van der Waals surface area contributed by atoms with Crippen LogP contribution in [0.25, 0.3) is 11.3 Å². The molecule has 0 bridgehead atoms. The lowest BCUT2D eigenvalue weighted by atomic mass is 10.2. The van der Waals surface area contributed by atoms with Crippen molar-refractivity contribution in [1.29, 1.82) is 0 Å². The normalized spacial score (nSPS) is 10.9.